The van der Waals surface area contributed by atoms with Gasteiger partial charge in [-0.2, -0.15) is 5.10 Å². The maximum absolute atomic E-state index is 12.8. The normalized spacial score (nSPS) is 10.8. The van der Waals surface area contributed by atoms with E-state index in [0.717, 1.165) is 32.7 Å². The standard InChI is InChI=1S/C21H22BrN3O/c1-13-5-7-17(8-6-13)12-25-16(4)20(15(3)24-25)21(26)23-18-9-10-19(22)14(2)11-18/h5-11H,12H2,1-4H3,(H,23,26). The van der Waals surface area contributed by atoms with Gasteiger partial charge in [0.1, 0.15) is 0 Å². The first-order valence-corrected chi connectivity index (χ1v) is 9.31. The monoisotopic (exact) mass is 411 g/mol. The van der Waals surface area contributed by atoms with Crippen LogP contribution in [-0.2, 0) is 6.54 Å². The van der Waals surface area contributed by atoms with Crippen molar-refractivity contribution in [2.45, 2.75) is 34.2 Å². The number of nitrogens with zero attached hydrogens (tertiary/aromatic N) is 2. The molecule has 0 bridgehead atoms. The lowest BCUT2D eigenvalue weighted by molar-refractivity contribution is 0.102. The van der Waals surface area contributed by atoms with Gasteiger partial charge in [-0.15, -0.1) is 0 Å². The molecule has 0 aliphatic rings. The van der Waals surface area contributed by atoms with E-state index >= 15 is 0 Å². The van der Waals surface area contributed by atoms with Gasteiger partial charge in [-0.25, -0.2) is 0 Å². The SMILES string of the molecule is Cc1ccc(Cn2nc(C)c(C(=O)Nc3ccc(Br)c(C)c3)c2C)cc1. The zero-order valence-corrected chi connectivity index (χ0v) is 17.0. The van der Waals surface area contributed by atoms with Crippen molar-refractivity contribution in [1.82, 2.24) is 9.78 Å². The highest BCUT2D eigenvalue weighted by Gasteiger charge is 2.19. The van der Waals surface area contributed by atoms with Crippen LogP contribution in [0.3, 0.4) is 0 Å². The number of aromatic nitrogens is 2. The summed E-state index contributed by atoms with van der Waals surface area (Å²) >= 11 is 3.48. The van der Waals surface area contributed by atoms with Crippen LogP contribution in [0, 0.1) is 27.7 Å². The highest BCUT2D eigenvalue weighted by molar-refractivity contribution is 9.10. The Kier molecular flexibility index (Phi) is 5.28. The Hall–Kier alpha value is -2.40. The Morgan fingerprint density at radius 3 is 2.42 bits per heavy atom. The Bertz CT molecular complexity index is 958. The number of carbonyl (C=O) groups is 1. The van der Waals surface area contributed by atoms with E-state index < -0.39 is 0 Å². The lowest BCUT2D eigenvalue weighted by Crippen LogP contribution is -2.14. The van der Waals surface area contributed by atoms with Gasteiger partial charge in [-0.1, -0.05) is 45.8 Å². The van der Waals surface area contributed by atoms with Crippen LogP contribution >= 0.6 is 15.9 Å². The average Bonchev–Trinajstić information content (AvgIpc) is 2.87. The van der Waals surface area contributed by atoms with Crippen LogP contribution in [0.25, 0.3) is 0 Å². The zero-order chi connectivity index (χ0) is 18.8. The molecule has 0 saturated carbocycles. The maximum Gasteiger partial charge on any atom is 0.259 e. The molecule has 2 aromatic carbocycles. The summed E-state index contributed by atoms with van der Waals surface area (Å²) in [6, 6.07) is 14.1. The van der Waals surface area contributed by atoms with Crippen LogP contribution in [0.15, 0.2) is 46.9 Å². The highest BCUT2D eigenvalue weighted by Crippen LogP contribution is 2.22. The molecule has 1 aromatic heterocycles. The second-order valence-corrected chi connectivity index (χ2v) is 7.46. The van der Waals surface area contributed by atoms with Crippen molar-refractivity contribution in [3.05, 3.63) is 80.6 Å². The molecule has 4 nitrogen and oxygen atoms in total. The summed E-state index contributed by atoms with van der Waals surface area (Å²) in [5, 5.41) is 7.55. The molecule has 0 fully saturated rings. The van der Waals surface area contributed by atoms with Crippen LogP contribution in [0.1, 0.15) is 38.4 Å². The van der Waals surface area contributed by atoms with Gasteiger partial charge in [0.05, 0.1) is 17.8 Å². The molecule has 1 N–H and O–H groups in total. The number of carbonyl (C=O) groups excluding carboxylic acids is 1. The third-order valence-corrected chi connectivity index (χ3v) is 5.37. The van der Waals surface area contributed by atoms with E-state index in [4.69, 9.17) is 0 Å². The number of aryl methyl sites for hydroxylation is 3. The minimum Gasteiger partial charge on any atom is -0.322 e. The van der Waals surface area contributed by atoms with Crippen molar-refractivity contribution in [2.75, 3.05) is 5.32 Å². The quantitative estimate of drug-likeness (QED) is 0.642. The first kappa shape index (κ1) is 18.4. The fraction of sp³-hybridized carbons (Fsp3) is 0.238. The Morgan fingerprint density at radius 1 is 1.08 bits per heavy atom. The molecule has 0 aliphatic heterocycles. The molecule has 1 heterocycles. The van der Waals surface area contributed by atoms with Gasteiger partial charge in [-0.05, 0) is 57.0 Å². The van der Waals surface area contributed by atoms with Gasteiger partial charge in [-0.3, -0.25) is 9.48 Å². The lowest BCUT2D eigenvalue weighted by atomic mass is 10.1. The molecular formula is C21H22BrN3O. The van der Waals surface area contributed by atoms with Crippen molar-refractivity contribution < 1.29 is 4.79 Å². The molecule has 134 valence electrons. The second-order valence-electron chi connectivity index (χ2n) is 6.61. The molecule has 5 heteroatoms. The van der Waals surface area contributed by atoms with Crippen LogP contribution in [0.5, 0.6) is 0 Å². The number of anilines is 1. The van der Waals surface area contributed by atoms with E-state index in [-0.39, 0.29) is 5.91 Å². The van der Waals surface area contributed by atoms with Crippen LogP contribution in [0.4, 0.5) is 5.69 Å². The number of hydrogen-bond acceptors (Lipinski definition) is 2. The first-order chi connectivity index (χ1) is 12.3. The second kappa shape index (κ2) is 7.46. The first-order valence-electron chi connectivity index (χ1n) is 8.52. The van der Waals surface area contributed by atoms with Crippen molar-refractivity contribution in [1.29, 1.82) is 0 Å². The smallest absolute Gasteiger partial charge is 0.259 e. The van der Waals surface area contributed by atoms with Crippen molar-refractivity contribution >= 4 is 27.5 Å². The van der Waals surface area contributed by atoms with Gasteiger partial charge in [0, 0.05) is 15.9 Å². The van der Waals surface area contributed by atoms with Crippen LogP contribution < -0.4 is 5.32 Å². The highest BCUT2D eigenvalue weighted by atomic mass is 79.9. The van der Waals surface area contributed by atoms with E-state index in [9.17, 15) is 4.79 Å². The Morgan fingerprint density at radius 2 is 1.77 bits per heavy atom. The average molecular weight is 412 g/mol. The van der Waals surface area contributed by atoms with Crippen molar-refractivity contribution in [3.63, 3.8) is 0 Å². The van der Waals surface area contributed by atoms with Crippen molar-refractivity contribution in [2.24, 2.45) is 0 Å². The van der Waals surface area contributed by atoms with E-state index in [1.807, 2.05) is 43.7 Å². The van der Waals surface area contributed by atoms with Crippen LogP contribution in [0.2, 0.25) is 0 Å². The third-order valence-electron chi connectivity index (χ3n) is 4.48. The van der Waals surface area contributed by atoms with Gasteiger partial charge < -0.3 is 5.32 Å². The largest absolute Gasteiger partial charge is 0.322 e. The Balaban J connectivity index is 1.83. The van der Waals surface area contributed by atoms with Gasteiger partial charge in [0.15, 0.2) is 0 Å². The molecule has 0 radical (unpaired) electrons. The van der Waals surface area contributed by atoms with E-state index in [2.05, 4.69) is 57.5 Å². The molecule has 0 aliphatic carbocycles. The Labute approximate surface area is 162 Å². The molecule has 0 spiro atoms. The number of rotatable bonds is 4. The predicted octanol–water partition coefficient (Wildman–Crippen LogP) is 5.18. The summed E-state index contributed by atoms with van der Waals surface area (Å²) in [6.45, 7) is 8.53. The topological polar surface area (TPSA) is 46.9 Å². The summed E-state index contributed by atoms with van der Waals surface area (Å²) in [5.41, 5.74) is 6.49. The minimum atomic E-state index is -0.128. The number of nitrogens with one attached hydrogen (secondary N) is 1. The number of hydrogen-bond donors (Lipinski definition) is 1. The summed E-state index contributed by atoms with van der Waals surface area (Å²) in [7, 11) is 0. The van der Waals surface area contributed by atoms with E-state index in [1.54, 1.807) is 0 Å². The van der Waals surface area contributed by atoms with E-state index in [1.165, 1.54) is 5.56 Å². The maximum atomic E-state index is 12.8. The molecule has 3 aromatic rings. The summed E-state index contributed by atoms with van der Waals surface area (Å²) < 4.78 is 2.91. The summed E-state index contributed by atoms with van der Waals surface area (Å²) in [6.07, 6.45) is 0. The minimum absolute atomic E-state index is 0.128. The van der Waals surface area contributed by atoms with Gasteiger partial charge >= 0.3 is 0 Å². The number of benzene rings is 2. The molecule has 3 rings (SSSR count). The number of amides is 1. The number of halogens is 1. The molecule has 1 amide bonds. The summed E-state index contributed by atoms with van der Waals surface area (Å²) in [4.78, 5) is 12.8. The molecule has 0 unspecified atom stereocenters. The fourth-order valence-corrected chi connectivity index (χ4v) is 3.21. The fourth-order valence-electron chi connectivity index (χ4n) is 2.96. The van der Waals surface area contributed by atoms with Gasteiger partial charge in [0.25, 0.3) is 5.91 Å². The zero-order valence-electron chi connectivity index (χ0n) is 15.4. The molecular weight excluding hydrogens is 390 g/mol. The van der Waals surface area contributed by atoms with E-state index in [0.29, 0.717) is 12.1 Å². The lowest BCUT2D eigenvalue weighted by Gasteiger charge is -2.08. The van der Waals surface area contributed by atoms with Crippen LogP contribution in [-0.4, -0.2) is 15.7 Å². The third kappa shape index (κ3) is 3.88. The summed E-state index contributed by atoms with van der Waals surface area (Å²) in [5.74, 6) is -0.128. The van der Waals surface area contributed by atoms with Gasteiger partial charge in [0.2, 0.25) is 0 Å². The molecule has 0 saturated heterocycles. The predicted molar refractivity (Wildman–Crippen MR) is 109 cm³/mol. The van der Waals surface area contributed by atoms with Crippen molar-refractivity contribution in [3.8, 4) is 0 Å². The molecule has 26 heavy (non-hydrogen) atoms. The molecule has 0 atom stereocenters.